The highest BCUT2D eigenvalue weighted by Crippen LogP contribution is 2.30. The van der Waals surface area contributed by atoms with Crippen LogP contribution in [0.25, 0.3) is 0 Å². The minimum Gasteiger partial charge on any atom is -0.467 e. The summed E-state index contributed by atoms with van der Waals surface area (Å²) in [5, 5.41) is 5.38. The van der Waals surface area contributed by atoms with E-state index in [0.29, 0.717) is 17.1 Å². The Bertz CT molecular complexity index is 721. The molecule has 0 spiro atoms. The second-order valence-electron chi connectivity index (χ2n) is 5.02. The van der Waals surface area contributed by atoms with Crippen molar-refractivity contribution in [3.63, 3.8) is 0 Å². The molecule has 0 saturated carbocycles. The normalized spacial score (nSPS) is 15.7. The SMILES string of the molecule is Cc1ccoc1C(N)c1ccc2c(c1)NC(=O)CC(=O)N2. The number of rotatable bonds is 2. The van der Waals surface area contributed by atoms with Gasteiger partial charge in [0.2, 0.25) is 11.8 Å². The van der Waals surface area contributed by atoms with Gasteiger partial charge in [0.15, 0.2) is 0 Å². The Morgan fingerprint density at radius 3 is 2.52 bits per heavy atom. The third-order valence-electron chi connectivity index (χ3n) is 3.46. The van der Waals surface area contributed by atoms with Gasteiger partial charge in [-0.25, -0.2) is 0 Å². The van der Waals surface area contributed by atoms with Crippen LogP contribution in [0.5, 0.6) is 0 Å². The zero-order valence-corrected chi connectivity index (χ0v) is 11.5. The molecule has 1 aromatic heterocycles. The van der Waals surface area contributed by atoms with E-state index in [-0.39, 0.29) is 18.2 Å². The van der Waals surface area contributed by atoms with Gasteiger partial charge in [-0.1, -0.05) is 6.07 Å². The minimum atomic E-state index is -0.429. The van der Waals surface area contributed by atoms with Crippen molar-refractivity contribution in [1.82, 2.24) is 0 Å². The summed E-state index contributed by atoms with van der Waals surface area (Å²) < 4.78 is 5.41. The van der Waals surface area contributed by atoms with Gasteiger partial charge in [0.25, 0.3) is 0 Å². The van der Waals surface area contributed by atoms with Gasteiger partial charge in [-0.15, -0.1) is 0 Å². The van der Waals surface area contributed by atoms with E-state index < -0.39 is 6.04 Å². The molecule has 1 atom stereocenters. The van der Waals surface area contributed by atoms with Crippen LogP contribution < -0.4 is 16.4 Å². The molecule has 3 rings (SSSR count). The standard InChI is InChI=1S/C15H15N3O3/c1-8-4-5-21-15(8)14(16)9-2-3-10-11(6-9)18-13(20)7-12(19)17-10/h2-6,14H,7,16H2,1H3,(H,17,19)(H,18,20). The Morgan fingerprint density at radius 2 is 1.86 bits per heavy atom. The first-order valence-corrected chi connectivity index (χ1v) is 6.58. The van der Waals surface area contributed by atoms with Crippen LogP contribution in [0.1, 0.15) is 29.3 Å². The minimum absolute atomic E-state index is 0.187. The Hall–Kier alpha value is -2.60. The van der Waals surface area contributed by atoms with E-state index in [1.54, 1.807) is 18.4 Å². The van der Waals surface area contributed by atoms with Crippen molar-refractivity contribution in [3.05, 3.63) is 47.4 Å². The fourth-order valence-corrected chi connectivity index (χ4v) is 2.36. The Kier molecular flexibility index (Phi) is 3.23. The summed E-state index contributed by atoms with van der Waals surface area (Å²) in [5.41, 5.74) is 9.08. The van der Waals surface area contributed by atoms with Crippen molar-refractivity contribution >= 4 is 23.2 Å². The molecule has 0 saturated heterocycles. The molecule has 2 aromatic rings. The van der Waals surface area contributed by atoms with Gasteiger partial charge in [-0.2, -0.15) is 0 Å². The molecule has 21 heavy (non-hydrogen) atoms. The maximum absolute atomic E-state index is 11.6. The lowest BCUT2D eigenvalue weighted by Crippen LogP contribution is -2.16. The molecule has 6 heteroatoms. The molecule has 6 nitrogen and oxygen atoms in total. The molecule has 0 radical (unpaired) electrons. The van der Waals surface area contributed by atoms with Crippen molar-refractivity contribution < 1.29 is 14.0 Å². The van der Waals surface area contributed by atoms with Crippen molar-refractivity contribution in [2.45, 2.75) is 19.4 Å². The number of hydrogen-bond acceptors (Lipinski definition) is 4. The van der Waals surface area contributed by atoms with Gasteiger partial charge in [-0.05, 0) is 36.2 Å². The van der Waals surface area contributed by atoms with E-state index in [2.05, 4.69) is 10.6 Å². The number of aryl methyl sites for hydroxylation is 1. The highest BCUT2D eigenvalue weighted by Gasteiger charge is 2.21. The number of furan rings is 1. The molecule has 4 N–H and O–H groups in total. The van der Waals surface area contributed by atoms with Gasteiger partial charge in [0.1, 0.15) is 12.2 Å². The maximum atomic E-state index is 11.6. The zero-order chi connectivity index (χ0) is 15.0. The van der Waals surface area contributed by atoms with Crippen molar-refractivity contribution in [1.29, 1.82) is 0 Å². The molecule has 0 aliphatic carbocycles. The summed E-state index contributed by atoms with van der Waals surface area (Å²) in [6, 6.07) is 6.71. The van der Waals surface area contributed by atoms with E-state index in [0.717, 1.165) is 11.1 Å². The highest BCUT2D eigenvalue weighted by molar-refractivity contribution is 6.13. The van der Waals surface area contributed by atoms with E-state index in [1.165, 1.54) is 0 Å². The van der Waals surface area contributed by atoms with Crippen molar-refractivity contribution in [2.24, 2.45) is 5.73 Å². The molecule has 2 heterocycles. The average molecular weight is 285 g/mol. The second-order valence-corrected chi connectivity index (χ2v) is 5.02. The summed E-state index contributed by atoms with van der Waals surface area (Å²) in [6.07, 6.45) is 1.41. The average Bonchev–Trinajstić information content (AvgIpc) is 2.79. The second kappa shape index (κ2) is 5.06. The molecule has 2 amide bonds. The van der Waals surface area contributed by atoms with E-state index >= 15 is 0 Å². The third kappa shape index (κ3) is 2.53. The first-order valence-electron chi connectivity index (χ1n) is 6.58. The molecule has 1 aliphatic rings. The number of fused-ring (bicyclic) bond motifs is 1. The number of amides is 2. The lowest BCUT2D eigenvalue weighted by Gasteiger charge is -2.14. The van der Waals surface area contributed by atoms with Gasteiger partial charge in [-0.3, -0.25) is 9.59 Å². The number of nitrogens with one attached hydrogen (secondary N) is 2. The number of anilines is 2. The first-order chi connectivity index (χ1) is 10.0. The summed E-state index contributed by atoms with van der Waals surface area (Å²) in [6.45, 7) is 1.92. The lowest BCUT2D eigenvalue weighted by atomic mass is 10.0. The smallest absolute Gasteiger partial charge is 0.233 e. The van der Waals surface area contributed by atoms with Crippen LogP contribution in [0.2, 0.25) is 0 Å². The Balaban J connectivity index is 1.98. The van der Waals surface area contributed by atoms with Crippen LogP contribution in [0.4, 0.5) is 11.4 Å². The largest absolute Gasteiger partial charge is 0.467 e. The first kappa shape index (κ1) is 13.4. The number of nitrogens with two attached hydrogens (primary N) is 1. The molecule has 108 valence electrons. The third-order valence-corrected chi connectivity index (χ3v) is 3.46. The number of benzene rings is 1. The predicted molar refractivity (Wildman–Crippen MR) is 77.8 cm³/mol. The van der Waals surface area contributed by atoms with Crippen molar-refractivity contribution in [3.8, 4) is 0 Å². The Morgan fingerprint density at radius 1 is 1.14 bits per heavy atom. The van der Waals surface area contributed by atoms with Crippen LogP contribution in [0.3, 0.4) is 0 Å². The molecule has 1 aliphatic heterocycles. The fraction of sp³-hybridized carbons (Fsp3) is 0.200. The van der Waals surface area contributed by atoms with Crippen LogP contribution in [0.15, 0.2) is 34.9 Å². The monoisotopic (exact) mass is 285 g/mol. The van der Waals surface area contributed by atoms with Gasteiger partial charge >= 0.3 is 0 Å². The van der Waals surface area contributed by atoms with Gasteiger partial charge < -0.3 is 20.8 Å². The molecule has 1 unspecified atom stereocenters. The van der Waals surface area contributed by atoms with E-state index in [1.807, 2.05) is 19.1 Å². The van der Waals surface area contributed by atoms with E-state index in [4.69, 9.17) is 10.2 Å². The quantitative estimate of drug-likeness (QED) is 0.734. The molecular formula is C15H15N3O3. The molecule has 1 aromatic carbocycles. The van der Waals surface area contributed by atoms with Crippen LogP contribution in [-0.2, 0) is 9.59 Å². The number of hydrogen-bond donors (Lipinski definition) is 3. The highest BCUT2D eigenvalue weighted by atomic mass is 16.3. The number of carbonyl (C=O) groups is 2. The van der Waals surface area contributed by atoms with Crippen LogP contribution in [0, 0.1) is 6.92 Å². The summed E-state index contributed by atoms with van der Waals surface area (Å²) in [7, 11) is 0. The zero-order valence-electron chi connectivity index (χ0n) is 11.5. The predicted octanol–water partition coefficient (Wildman–Crippen LogP) is 1.92. The Labute approximate surface area is 121 Å². The van der Waals surface area contributed by atoms with Gasteiger partial charge in [0, 0.05) is 0 Å². The summed E-state index contributed by atoms with van der Waals surface area (Å²) in [5.74, 6) is 0.00950. The maximum Gasteiger partial charge on any atom is 0.233 e. The van der Waals surface area contributed by atoms with Gasteiger partial charge in [0.05, 0.1) is 23.7 Å². The molecular weight excluding hydrogens is 270 g/mol. The van der Waals surface area contributed by atoms with Crippen LogP contribution in [-0.4, -0.2) is 11.8 Å². The number of carbonyl (C=O) groups excluding carboxylic acids is 2. The molecule has 0 bridgehead atoms. The lowest BCUT2D eigenvalue weighted by molar-refractivity contribution is -0.123. The summed E-state index contributed by atoms with van der Waals surface area (Å²) >= 11 is 0. The summed E-state index contributed by atoms with van der Waals surface area (Å²) in [4.78, 5) is 23.1. The van der Waals surface area contributed by atoms with Crippen LogP contribution >= 0.6 is 0 Å². The van der Waals surface area contributed by atoms with E-state index in [9.17, 15) is 9.59 Å². The van der Waals surface area contributed by atoms with Crippen molar-refractivity contribution in [2.75, 3.05) is 10.6 Å². The fourth-order valence-electron chi connectivity index (χ4n) is 2.36. The topological polar surface area (TPSA) is 97.4 Å². The molecule has 0 fully saturated rings.